The van der Waals surface area contributed by atoms with E-state index in [0.29, 0.717) is 28.0 Å². The van der Waals surface area contributed by atoms with Gasteiger partial charge in [0.05, 0.1) is 18.2 Å². The summed E-state index contributed by atoms with van der Waals surface area (Å²) in [5.74, 6) is -1.48. The summed E-state index contributed by atoms with van der Waals surface area (Å²) in [4.78, 5) is 39.6. The molecule has 1 aliphatic heterocycles. The Morgan fingerprint density at radius 3 is 2.70 bits per heavy atom. The van der Waals surface area contributed by atoms with Gasteiger partial charge in [-0.1, -0.05) is 12.1 Å². The second-order valence-corrected chi connectivity index (χ2v) is 5.89. The van der Waals surface area contributed by atoms with Crippen LogP contribution in [0.4, 0.5) is 17.3 Å². The maximum Gasteiger partial charge on any atom is 0.335 e. The first-order chi connectivity index (χ1) is 13.0. The largest absolute Gasteiger partial charge is 0.497 e. The summed E-state index contributed by atoms with van der Waals surface area (Å²) in [6, 6.07) is 11.4. The van der Waals surface area contributed by atoms with Crippen LogP contribution in [0, 0.1) is 0 Å². The number of benzene rings is 2. The van der Waals surface area contributed by atoms with Gasteiger partial charge in [-0.2, -0.15) is 0 Å². The second-order valence-electron chi connectivity index (χ2n) is 5.89. The topological polar surface area (TPSA) is 118 Å². The van der Waals surface area contributed by atoms with Gasteiger partial charge in [0.15, 0.2) is 0 Å². The van der Waals surface area contributed by atoms with Crippen molar-refractivity contribution in [2.45, 2.75) is 0 Å². The van der Waals surface area contributed by atoms with Crippen LogP contribution in [0.15, 0.2) is 42.5 Å². The molecule has 1 aliphatic rings. The van der Waals surface area contributed by atoms with Crippen molar-refractivity contribution in [1.82, 2.24) is 4.98 Å². The molecule has 8 nitrogen and oxygen atoms in total. The lowest BCUT2D eigenvalue weighted by atomic mass is 10.0. The van der Waals surface area contributed by atoms with Crippen molar-refractivity contribution in [1.29, 1.82) is 0 Å². The number of hydrogen-bond donors (Lipinski definition) is 3. The number of rotatable bonds is 4. The van der Waals surface area contributed by atoms with Gasteiger partial charge in [-0.05, 0) is 24.3 Å². The Balaban J connectivity index is 1.93. The molecule has 0 aliphatic carbocycles. The van der Waals surface area contributed by atoms with E-state index in [4.69, 9.17) is 4.74 Å². The zero-order valence-corrected chi connectivity index (χ0v) is 14.1. The molecule has 2 heterocycles. The van der Waals surface area contributed by atoms with Crippen molar-refractivity contribution in [3.8, 4) is 5.75 Å². The zero-order chi connectivity index (χ0) is 19.1. The number of ketones is 1. The molecule has 4 rings (SSSR count). The molecule has 3 N–H and O–H groups in total. The molecule has 3 aromatic rings. The molecule has 0 radical (unpaired) electrons. The van der Waals surface area contributed by atoms with Gasteiger partial charge in [0.25, 0.3) is 11.7 Å². The number of aromatic carboxylic acids is 1. The van der Waals surface area contributed by atoms with Gasteiger partial charge in [-0.25, -0.2) is 9.78 Å². The van der Waals surface area contributed by atoms with E-state index in [1.165, 1.54) is 18.2 Å². The molecule has 0 atom stereocenters. The number of carboxylic acid groups (broad SMARTS) is 1. The van der Waals surface area contributed by atoms with Crippen molar-refractivity contribution in [2.24, 2.45) is 0 Å². The zero-order valence-electron chi connectivity index (χ0n) is 14.1. The lowest BCUT2D eigenvalue weighted by Gasteiger charge is -2.13. The van der Waals surface area contributed by atoms with Crippen LogP contribution in [0.2, 0.25) is 0 Å². The Morgan fingerprint density at radius 2 is 1.96 bits per heavy atom. The lowest BCUT2D eigenvalue weighted by Crippen LogP contribution is -2.12. The number of carboxylic acids is 1. The number of nitrogens with zero attached hydrogens (tertiary/aromatic N) is 1. The van der Waals surface area contributed by atoms with Gasteiger partial charge in [-0.3, -0.25) is 9.59 Å². The average Bonchev–Trinajstić information content (AvgIpc) is 2.95. The third-order valence-corrected chi connectivity index (χ3v) is 4.25. The van der Waals surface area contributed by atoms with Crippen LogP contribution in [0.1, 0.15) is 20.7 Å². The van der Waals surface area contributed by atoms with Gasteiger partial charge in [0.2, 0.25) is 0 Å². The Kier molecular flexibility index (Phi) is 3.73. The first-order valence-electron chi connectivity index (χ1n) is 7.95. The highest BCUT2D eigenvalue weighted by molar-refractivity contribution is 6.53. The van der Waals surface area contributed by atoms with E-state index in [1.807, 2.05) is 0 Å². The van der Waals surface area contributed by atoms with Crippen molar-refractivity contribution in [2.75, 3.05) is 17.7 Å². The molecule has 2 aromatic carbocycles. The standard InChI is InChI=1S/C19H13N3O5/c1-27-11-4-2-3-10(8-11)20-16-13-7-9(19(25)26)5-6-12(13)14-15(23)18(24)22-17(14)21-16/h2-8H,1H3,(H,25,26)(H2,20,21,22,23,24). The number of ether oxygens (including phenoxy) is 1. The quantitative estimate of drug-likeness (QED) is 0.610. The highest BCUT2D eigenvalue weighted by Gasteiger charge is 2.32. The lowest BCUT2D eigenvalue weighted by molar-refractivity contribution is -0.112. The highest BCUT2D eigenvalue weighted by atomic mass is 16.5. The van der Waals surface area contributed by atoms with E-state index < -0.39 is 17.7 Å². The Morgan fingerprint density at radius 1 is 1.15 bits per heavy atom. The number of carbonyl (C=O) groups is 3. The Bertz CT molecular complexity index is 1140. The van der Waals surface area contributed by atoms with Crippen LogP contribution in [0.3, 0.4) is 0 Å². The molecule has 0 saturated carbocycles. The minimum absolute atomic E-state index is 0.0441. The van der Waals surface area contributed by atoms with Crippen LogP contribution in [-0.2, 0) is 4.79 Å². The molecule has 0 bridgehead atoms. The van der Waals surface area contributed by atoms with Crippen LogP contribution in [-0.4, -0.2) is 34.9 Å². The fourth-order valence-electron chi connectivity index (χ4n) is 2.98. The van der Waals surface area contributed by atoms with Gasteiger partial charge in [0.1, 0.15) is 17.4 Å². The van der Waals surface area contributed by atoms with Gasteiger partial charge in [0, 0.05) is 22.5 Å². The number of pyridine rings is 1. The predicted octanol–water partition coefficient (Wildman–Crippen LogP) is 2.82. The number of Topliss-reactive ketones (excluding diaryl/α,β-unsaturated/α-hetero) is 1. The predicted molar refractivity (Wildman–Crippen MR) is 97.9 cm³/mol. The second kappa shape index (κ2) is 6.10. The maximum atomic E-state index is 12.2. The summed E-state index contributed by atoms with van der Waals surface area (Å²) < 4.78 is 5.19. The smallest absolute Gasteiger partial charge is 0.335 e. The molecule has 27 heavy (non-hydrogen) atoms. The molecular weight excluding hydrogens is 350 g/mol. The molecule has 1 aromatic heterocycles. The average molecular weight is 363 g/mol. The van der Waals surface area contributed by atoms with E-state index in [-0.39, 0.29) is 16.9 Å². The normalized spacial score (nSPS) is 12.6. The summed E-state index contributed by atoms with van der Waals surface area (Å²) in [5, 5.41) is 15.7. The fourth-order valence-corrected chi connectivity index (χ4v) is 2.98. The maximum absolute atomic E-state index is 12.2. The summed E-state index contributed by atoms with van der Waals surface area (Å²) >= 11 is 0. The monoisotopic (exact) mass is 363 g/mol. The first-order valence-corrected chi connectivity index (χ1v) is 7.95. The number of aromatic nitrogens is 1. The number of nitrogens with one attached hydrogen (secondary N) is 2. The summed E-state index contributed by atoms with van der Waals surface area (Å²) in [5.41, 5.74) is 0.838. The summed E-state index contributed by atoms with van der Waals surface area (Å²) in [7, 11) is 1.54. The van der Waals surface area contributed by atoms with Crippen LogP contribution >= 0.6 is 0 Å². The minimum Gasteiger partial charge on any atom is -0.497 e. The molecule has 0 fully saturated rings. The summed E-state index contributed by atoms with van der Waals surface area (Å²) in [6.07, 6.45) is 0. The first kappa shape index (κ1) is 16.5. The van der Waals surface area contributed by atoms with Crippen LogP contribution in [0.25, 0.3) is 10.8 Å². The van der Waals surface area contributed by atoms with Crippen molar-refractivity contribution in [3.63, 3.8) is 0 Å². The van der Waals surface area contributed by atoms with E-state index in [0.717, 1.165) is 0 Å². The number of anilines is 3. The van der Waals surface area contributed by atoms with Crippen molar-refractivity contribution in [3.05, 3.63) is 53.6 Å². The number of amides is 1. The molecular formula is C19H13N3O5. The van der Waals surface area contributed by atoms with Crippen LogP contribution in [0.5, 0.6) is 5.75 Å². The summed E-state index contributed by atoms with van der Waals surface area (Å²) in [6.45, 7) is 0. The molecule has 134 valence electrons. The SMILES string of the molecule is COc1cccc(Nc2nc3c(c4ccc(C(=O)O)cc24)C(=O)C(=O)N3)c1. The number of carbonyl (C=O) groups excluding carboxylic acids is 2. The van der Waals surface area contributed by atoms with Crippen molar-refractivity contribution < 1.29 is 24.2 Å². The van der Waals surface area contributed by atoms with E-state index in [9.17, 15) is 19.5 Å². The molecule has 8 heteroatoms. The number of hydrogen-bond acceptors (Lipinski definition) is 6. The van der Waals surface area contributed by atoms with Gasteiger partial charge >= 0.3 is 5.97 Å². The molecule has 0 spiro atoms. The minimum atomic E-state index is -1.11. The Labute approximate surface area is 152 Å². The molecule has 1 amide bonds. The number of methoxy groups -OCH3 is 1. The van der Waals surface area contributed by atoms with E-state index in [1.54, 1.807) is 31.4 Å². The Hall–Kier alpha value is -3.94. The third kappa shape index (κ3) is 2.73. The van der Waals surface area contributed by atoms with Gasteiger partial charge < -0.3 is 20.5 Å². The number of fused-ring (bicyclic) bond motifs is 3. The van der Waals surface area contributed by atoms with E-state index in [2.05, 4.69) is 15.6 Å². The van der Waals surface area contributed by atoms with E-state index >= 15 is 0 Å². The molecule has 0 saturated heterocycles. The van der Waals surface area contributed by atoms with Gasteiger partial charge in [-0.15, -0.1) is 0 Å². The van der Waals surface area contributed by atoms with Crippen molar-refractivity contribution >= 4 is 45.8 Å². The molecule has 0 unspecified atom stereocenters. The third-order valence-electron chi connectivity index (χ3n) is 4.25. The highest BCUT2D eigenvalue weighted by Crippen LogP contribution is 2.35. The van der Waals surface area contributed by atoms with Crippen LogP contribution < -0.4 is 15.4 Å². The fraction of sp³-hybridized carbons (Fsp3) is 0.0526.